The van der Waals surface area contributed by atoms with Crippen LogP contribution in [0.2, 0.25) is 0 Å². The number of rotatable bonds is 1. The van der Waals surface area contributed by atoms with E-state index in [-0.39, 0.29) is 0 Å². The maximum Gasteiger partial charge on any atom is 0.173 e. The van der Waals surface area contributed by atoms with Gasteiger partial charge in [-0.2, -0.15) is 0 Å². The van der Waals surface area contributed by atoms with Gasteiger partial charge in [0.05, 0.1) is 7.11 Å². The van der Waals surface area contributed by atoms with Gasteiger partial charge in [0.1, 0.15) is 0 Å². The van der Waals surface area contributed by atoms with E-state index in [1.54, 1.807) is 7.11 Å². The van der Waals surface area contributed by atoms with Gasteiger partial charge in [0.15, 0.2) is 5.06 Å². The van der Waals surface area contributed by atoms with Crippen LogP contribution in [0.4, 0.5) is 0 Å². The third-order valence-electron chi connectivity index (χ3n) is 5.11. The standard InChI is InChI=1S/C18H18N2OS/c1-21-18-9-13-16-8-12-11-4-2-3-5-14(11)19-15(12)10-20(16)7-6-17(13)22-18/h2-5,9,16,19H,6-8,10H2,1H3/t16-/m0/s1. The highest BCUT2D eigenvalue weighted by atomic mass is 32.1. The van der Waals surface area contributed by atoms with E-state index in [1.165, 1.54) is 32.6 Å². The Labute approximate surface area is 133 Å². The van der Waals surface area contributed by atoms with E-state index in [2.05, 4.69) is 40.2 Å². The first-order chi connectivity index (χ1) is 10.8. The van der Waals surface area contributed by atoms with Crippen molar-refractivity contribution in [2.75, 3.05) is 13.7 Å². The fourth-order valence-corrected chi connectivity index (χ4v) is 5.06. The van der Waals surface area contributed by atoms with Crippen LogP contribution < -0.4 is 4.74 Å². The van der Waals surface area contributed by atoms with Crippen molar-refractivity contribution in [3.63, 3.8) is 0 Å². The first-order valence-electron chi connectivity index (χ1n) is 7.82. The number of methoxy groups -OCH3 is 1. The number of benzene rings is 1. The summed E-state index contributed by atoms with van der Waals surface area (Å²) in [6.07, 6.45) is 2.25. The topological polar surface area (TPSA) is 28.3 Å². The first kappa shape index (κ1) is 12.7. The highest BCUT2D eigenvalue weighted by Crippen LogP contribution is 2.44. The van der Waals surface area contributed by atoms with Gasteiger partial charge >= 0.3 is 0 Å². The molecule has 2 aliphatic heterocycles. The highest BCUT2D eigenvalue weighted by Gasteiger charge is 2.35. The van der Waals surface area contributed by atoms with E-state index in [1.807, 2.05) is 11.3 Å². The lowest BCUT2D eigenvalue weighted by molar-refractivity contribution is 0.161. The Morgan fingerprint density at radius 2 is 2.23 bits per heavy atom. The van der Waals surface area contributed by atoms with Crippen LogP contribution in [0.25, 0.3) is 10.9 Å². The Balaban J connectivity index is 1.63. The SMILES string of the molecule is COc1cc2c(s1)CCN1Cc3[nH]c4ccccc4c3C[C@@H]21. The van der Waals surface area contributed by atoms with Gasteiger partial charge in [0, 0.05) is 40.6 Å². The summed E-state index contributed by atoms with van der Waals surface area (Å²) < 4.78 is 5.47. The maximum atomic E-state index is 5.47. The van der Waals surface area contributed by atoms with Gasteiger partial charge in [-0.25, -0.2) is 0 Å². The molecule has 2 aromatic heterocycles. The van der Waals surface area contributed by atoms with E-state index in [9.17, 15) is 0 Å². The van der Waals surface area contributed by atoms with Gasteiger partial charge in [-0.15, -0.1) is 11.3 Å². The molecule has 5 rings (SSSR count). The third kappa shape index (κ3) is 1.71. The summed E-state index contributed by atoms with van der Waals surface area (Å²) in [4.78, 5) is 7.76. The Morgan fingerprint density at radius 1 is 1.32 bits per heavy atom. The van der Waals surface area contributed by atoms with Crippen LogP contribution in [-0.4, -0.2) is 23.5 Å². The molecular weight excluding hydrogens is 292 g/mol. The van der Waals surface area contributed by atoms with Crippen molar-refractivity contribution in [1.82, 2.24) is 9.88 Å². The van der Waals surface area contributed by atoms with Crippen LogP contribution in [-0.2, 0) is 19.4 Å². The number of ether oxygens (including phenoxy) is 1. The van der Waals surface area contributed by atoms with Crippen molar-refractivity contribution >= 4 is 22.2 Å². The van der Waals surface area contributed by atoms with Crippen molar-refractivity contribution in [2.24, 2.45) is 0 Å². The van der Waals surface area contributed by atoms with E-state index < -0.39 is 0 Å². The average molecular weight is 310 g/mol. The molecule has 0 spiro atoms. The second kappa shape index (κ2) is 4.61. The molecule has 1 atom stereocenters. The van der Waals surface area contributed by atoms with Crippen molar-refractivity contribution in [2.45, 2.75) is 25.4 Å². The van der Waals surface area contributed by atoms with Crippen LogP contribution in [0.15, 0.2) is 30.3 Å². The molecule has 3 nitrogen and oxygen atoms in total. The highest BCUT2D eigenvalue weighted by molar-refractivity contribution is 7.14. The van der Waals surface area contributed by atoms with Crippen LogP contribution >= 0.6 is 11.3 Å². The predicted octanol–water partition coefficient (Wildman–Crippen LogP) is 3.89. The summed E-state index contributed by atoms with van der Waals surface area (Å²) in [5, 5.41) is 2.45. The zero-order valence-electron chi connectivity index (χ0n) is 12.6. The smallest absolute Gasteiger partial charge is 0.173 e. The van der Waals surface area contributed by atoms with Crippen LogP contribution in [0.5, 0.6) is 5.06 Å². The average Bonchev–Trinajstić information content (AvgIpc) is 3.13. The number of hydrogen-bond donors (Lipinski definition) is 1. The number of hydrogen-bond acceptors (Lipinski definition) is 3. The molecule has 0 amide bonds. The van der Waals surface area contributed by atoms with Gasteiger partial charge < -0.3 is 9.72 Å². The minimum atomic E-state index is 0.510. The Hall–Kier alpha value is -1.78. The van der Waals surface area contributed by atoms with Crippen molar-refractivity contribution < 1.29 is 4.74 Å². The molecule has 0 radical (unpaired) electrons. The zero-order valence-corrected chi connectivity index (χ0v) is 13.4. The van der Waals surface area contributed by atoms with E-state index in [0.717, 1.165) is 31.0 Å². The molecule has 0 saturated heterocycles. The van der Waals surface area contributed by atoms with Crippen molar-refractivity contribution in [3.8, 4) is 5.06 Å². The number of nitrogens with zero attached hydrogens (tertiary/aromatic N) is 1. The molecule has 0 fully saturated rings. The molecule has 3 aromatic rings. The molecular formula is C18H18N2OS. The number of thiophene rings is 1. The van der Waals surface area contributed by atoms with Crippen LogP contribution in [0, 0.1) is 0 Å². The second-order valence-corrected chi connectivity index (χ2v) is 7.32. The number of fused-ring (bicyclic) bond motifs is 6. The zero-order chi connectivity index (χ0) is 14.7. The summed E-state index contributed by atoms with van der Waals surface area (Å²) in [6.45, 7) is 2.18. The number of para-hydroxylation sites is 1. The minimum absolute atomic E-state index is 0.510. The molecule has 2 aliphatic rings. The predicted molar refractivity (Wildman–Crippen MR) is 89.7 cm³/mol. The molecule has 0 unspecified atom stereocenters. The summed E-state index contributed by atoms with van der Waals surface area (Å²) in [7, 11) is 1.77. The van der Waals surface area contributed by atoms with E-state index in [4.69, 9.17) is 4.74 Å². The lowest BCUT2D eigenvalue weighted by Gasteiger charge is -2.39. The summed E-state index contributed by atoms with van der Waals surface area (Å²) >= 11 is 1.82. The Morgan fingerprint density at radius 3 is 3.14 bits per heavy atom. The summed E-state index contributed by atoms with van der Waals surface area (Å²) in [5.74, 6) is 0. The molecule has 0 aliphatic carbocycles. The quantitative estimate of drug-likeness (QED) is 0.738. The van der Waals surface area contributed by atoms with Crippen LogP contribution in [0.1, 0.15) is 27.7 Å². The van der Waals surface area contributed by atoms with Crippen molar-refractivity contribution in [3.05, 3.63) is 52.0 Å². The number of aromatic amines is 1. The van der Waals surface area contributed by atoms with Gasteiger partial charge in [-0.1, -0.05) is 18.2 Å². The van der Waals surface area contributed by atoms with Gasteiger partial charge in [0.2, 0.25) is 0 Å². The van der Waals surface area contributed by atoms with Crippen LogP contribution in [0.3, 0.4) is 0 Å². The fourth-order valence-electron chi connectivity index (χ4n) is 4.04. The number of nitrogens with one attached hydrogen (secondary N) is 1. The Bertz CT molecular complexity index is 863. The molecule has 1 aromatic carbocycles. The van der Waals surface area contributed by atoms with Gasteiger partial charge in [-0.3, -0.25) is 4.90 Å². The number of aromatic nitrogens is 1. The third-order valence-corrected chi connectivity index (χ3v) is 6.28. The van der Waals surface area contributed by atoms with Gasteiger partial charge in [0.25, 0.3) is 0 Å². The molecule has 4 heteroatoms. The largest absolute Gasteiger partial charge is 0.487 e. The summed E-state index contributed by atoms with van der Waals surface area (Å²) in [5.41, 5.74) is 5.68. The molecule has 112 valence electrons. The maximum absolute atomic E-state index is 5.47. The van der Waals surface area contributed by atoms with Crippen molar-refractivity contribution in [1.29, 1.82) is 0 Å². The first-order valence-corrected chi connectivity index (χ1v) is 8.64. The lowest BCUT2D eigenvalue weighted by Crippen LogP contribution is -2.38. The fraction of sp³-hybridized carbons (Fsp3) is 0.333. The number of H-pyrrole nitrogens is 1. The van der Waals surface area contributed by atoms with E-state index in [0.29, 0.717) is 6.04 Å². The molecule has 4 heterocycles. The summed E-state index contributed by atoms with van der Waals surface area (Å²) in [6, 6.07) is 11.5. The molecule has 1 N–H and O–H groups in total. The molecule has 22 heavy (non-hydrogen) atoms. The lowest BCUT2D eigenvalue weighted by atomic mass is 9.89. The normalized spacial score (nSPS) is 20.5. The monoisotopic (exact) mass is 310 g/mol. The molecule has 0 saturated carbocycles. The second-order valence-electron chi connectivity index (χ2n) is 6.22. The van der Waals surface area contributed by atoms with Gasteiger partial charge in [-0.05, 0) is 36.1 Å². The Kier molecular flexibility index (Phi) is 2.67. The van der Waals surface area contributed by atoms with E-state index >= 15 is 0 Å². The molecule has 0 bridgehead atoms. The minimum Gasteiger partial charge on any atom is -0.487 e.